The monoisotopic (exact) mass is 308 g/mol. The highest BCUT2D eigenvalue weighted by Crippen LogP contribution is 2.38. The number of halogens is 3. The van der Waals surface area contributed by atoms with Crippen molar-refractivity contribution >= 4 is 11.9 Å². The van der Waals surface area contributed by atoms with Crippen molar-refractivity contribution in [2.75, 3.05) is 0 Å². The molecule has 0 aromatic heterocycles. The Balaban J connectivity index is 1.98. The second-order valence-corrected chi connectivity index (χ2v) is 4.48. The molecule has 3 rings (SSSR count). The molecule has 0 unspecified atom stereocenters. The van der Waals surface area contributed by atoms with Crippen molar-refractivity contribution in [1.82, 2.24) is 0 Å². The van der Waals surface area contributed by atoms with Crippen LogP contribution in [-0.2, 0) is 10.9 Å². The predicted molar refractivity (Wildman–Crippen MR) is 67.7 cm³/mol. The van der Waals surface area contributed by atoms with Crippen molar-refractivity contribution in [3.63, 3.8) is 0 Å². The van der Waals surface area contributed by atoms with Crippen molar-refractivity contribution in [2.45, 2.75) is 6.18 Å². The van der Waals surface area contributed by atoms with Crippen LogP contribution in [0.5, 0.6) is 11.5 Å². The molecule has 0 N–H and O–H groups in total. The van der Waals surface area contributed by atoms with Gasteiger partial charge in [-0.25, -0.2) is 9.59 Å². The summed E-state index contributed by atoms with van der Waals surface area (Å²) in [5.41, 5.74) is -0.914. The first-order valence-electron chi connectivity index (χ1n) is 6.11. The van der Waals surface area contributed by atoms with E-state index in [1.807, 2.05) is 0 Å². The van der Waals surface area contributed by atoms with E-state index in [-0.39, 0.29) is 16.9 Å². The molecule has 112 valence electrons. The third-order valence-electron chi connectivity index (χ3n) is 3.04. The third kappa shape index (κ3) is 2.41. The Labute approximate surface area is 122 Å². The predicted octanol–water partition coefficient (Wildman–Crippen LogP) is 3.81. The Morgan fingerprint density at radius 2 is 1.59 bits per heavy atom. The van der Waals surface area contributed by atoms with Gasteiger partial charge in [0.05, 0.1) is 16.7 Å². The Morgan fingerprint density at radius 1 is 0.909 bits per heavy atom. The summed E-state index contributed by atoms with van der Waals surface area (Å²) in [6, 6.07) is 8.44. The van der Waals surface area contributed by atoms with Crippen LogP contribution >= 0.6 is 0 Å². The first kappa shape index (κ1) is 14.1. The molecule has 1 aliphatic heterocycles. The van der Waals surface area contributed by atoms with Gasteiger partial charge in [0.25, 0.3) is 0 Å². The van der Waals surface area contributed by atoms with Crippen LogP contribution in [0.3, 0.4) is 0 Å². The summed E-state index contributed by atoms with van der Waals surface area (Å²) < 4.78 is 48.3. The molecule has 2 aromatic rings. The van der Waals surface area contributed by atoms with E-state index in [1.54, 1.807) is 0 Å². The van der Waals surface area contributed by atoms with Crippen molar-refractivity contribution < 1.29 is 32.2 Å². The van der Waals surface area contributed by atoms with Crippen LogP contribution in [0, 0.1) is 0 Å². The van der Waals surface area contributed by atoms with Gasteiger partial charge in [0.1, 0.15) is 11.5 Å². The molecule has 0 spiro atoms. The van der Waals surface area contributed by atoms with Crippen LogP contribution in [0.1, 0.15) is 26.3 Å². The molecule has 7 heteroatoms. The van der Waals surface area contributed by atoms with Gasteiger partial charge in [-0.15, -0.1) is 0 Å². The van der Waals surface area contributed by atoms with E-state index in [0.717, 1.165) is 6.07 Å². The largest absolute Gasteiger partial charge is 0.457 e. The summed E-state index contributed by atoms with van der Waals surface area (Å²) >= 11 is 0. The number of cyclic esters (lactones) is 2. The van der Waals surface area contributed by atoms with Gasteiger partial charge < -0.3 is 9.47 Å². The summed E-state index contributed by atoms with van der Waals surface area (Å²) in [4.78, 5) is 22.7. The van der Waals surface area contributed by atoms with Crippen molar-refractivity contribution in [3.8, 4) is 11.5 Å². The lowest BCUT2D eigenvalue weighted by Crippen LogP contribution is -2.06. The Morgan fingerprint density at radius 3 is 2.32 bits per heavy atom. The average molecular weight is 308 g/mol. The van der Waals surface area contributed by atoms with Crippen LogP contribution < -0.4 is 4.74 Å². The summed E-state index contributed by atoms with van der Waals surface area (Å²) in [5.74, 6) is -2.04. The molecule has 0 fully saturated rings. The smallest absolute Gasteiger partial charge is 0.419 e. The number of benzene rings is 2. The van der Waals surface area contributed by atoms with E-state index in [0.29, 0.717) is 0 Å². The number of rotatable bonds is 2. The molecule has 1 heterocycles. The molecule has 0 saturated heterocycles. The average Bonchev–Trinajstić information content (AvgIpc) is 2.73. The second kappa shape index (κ2) is 4.87. The maximum Gasteiger partial charge on any atom is 0.419 e. The van der Waals surface area contributed by atoms with Gasteiger partial charge in [-0.05, 0) is 30.3 Å². The molecule has 0 amide bonds. The first-order valence-corrected chi connectivity index (χ1v) is 6.11. The van der Waals surface area contributed by atoms with Gasteiger partial charge in [0, 0.05) is 0 Å². The molecule has 0 bridgehead atoms. The normalized spacial score (nSPS) is 13.8. The molecule has 0 atom stereocenters. The maximum absolute atomic E-state index is 12.9. The van der Waals surface area contributed by atoms with Gasteiger partial charge in [-0.2, -0.15) is 13.2 Å². The first-order chi connectivity index (χ1) is 10.4. The summed E-state index contributed by atoms with van der Waals surface area (Å²) in [6.45, 7) is 0. The van der Waals surface area contributed by atoms with Crippen LogP contribution in [0.2, 0.25) is 0 Å². The fourth-order valence-electron chi connectivity index (χ4n) is 2.04. The van der Waals surface area contributed by atoms with E-state index in [1.165, 1.54) is 36.4 Å². The molecule has 0 saturated carbocycles. The van der Waals surface area contributed by atoms with Gasteiger partial charge in [-0.3, -0.25) is 0 Å². The number of ether oxygens (including phenoxy) is 2. The molecular weight excluding hydrogens is 301 g/mol. The van der Waals surface area contributed by atoms with Crippen molar-refractivity contribution in [1.29, 1.82) is 0 Å². The molecule has 4 nitrogen and oxygen atoms in total. The lowest BCUT2D eigenvalue weighted by atomic mass is 10.1. The molecular formula is C15H7F3O4. The fourth-order valence-corrected chi connectivity index (χ4v) is 2.04. The van der Waals surface area contributed by atoms with Gasteiger partial charge >= 0.3 is 18.1 Å². The maximum atomic E-state index is 12.9. The zero-order valence-electron chi connectivity index (χ0n) is 10.8. The van der Waals surface area contributed by atoms with Crippen LogP contribution in [0.4, 0.5) is 13.2 Å². The standard InChI is InChI=1S/C15H7F3O4/c16-15(17,18)11-3-1-2-4-12(11)21-8-5-6-9-10(7-8)14(20)22-13(9)19/h1-7H. The van der Waals surface area contributed by atoms with Gasteiger partial charge in [-0.1, -0.05) is 12.1 Å². The van der Waals surface area contributed by atoms with Crippen LogP contribution in [0.25, 0.3) is 0 Å². The highest BCUT2D eigenvalue weighted by Gasteiger charge is 2.34. The number of carbonyl (C=O) groups is 2. The number of carbonyl (C=O) groups excluding carboxylic acids is 2. The molecule has 22 heavy (non-hydrogen) atoms. The van der Waals surface area contributed by atoms with E-state index >= 15 is 0 Å². The third-order valence-corrected chi connectivity index (χ3v) is 3.04. The minimum Gasteiger partial charge on any atom is -0.457 e. The summed E-state index contributed by atoms with van der Waals surface area (Å²) in [5, 5.41) is 0. The Bertz CT molecular complexity index is 781. The zero-order chi connectivity index (χ0) is 15.9. The van der Waals surface area contributed by atoms with Crippen molar-refractivity contribution in [2.24, 2.45) is 0 Å². The van der Waals surface area contributed by atoms with Gasteiger partial charge in [0.15, 0.2) is 0 Å². The number of para-hydroxylation sites is 1. The summed E-state index contributed by atoms with van der Waals surface area (Å²) in [6.07, 6.45) is -4.57. The van der Waals surface area contributed by atoms with Crippen LogP contribution in [0.15, 0.2) is 42.5 Å². The van der Waals surface area contributed by atoms with E-state index in [9.17, 15) is 22.8 Å². The minimum atomic E-state index is -4.57. The van der Waals surface area contributed by atoms with E-state index < -0.39 is 29.4 Å². The van der Waals surface area contributed by atoms with Crippen LogP contribution in [-0.4, -0.2) is 11.9 Å². The van der Waals surface area contributed by atoms with E-state index in [2.05, 4.69) is 4.74 Å². The molecule has 0 radical (unpaired) electrons. The summed E-state index contributed by atoms with van der Waals surface area (Å²) in [7, 11) is 0. The topological polar surface area (TPSA) is 52.6 Å². The highest BCUT2D eigenvalue weighted by molar-refractivity contribution is 6.14. The molecule has 2 aromatic carbocycles. The quantitative estimate of drug-likeness (QED) is 0.625. The van der Waals surface area contributed by atoms with E-state index in [4.69, 9.17) is 4.74 Å². The molecule has 1 aliphatic rings. The number of fused-ring (bicyclic) bond motifs is 1. The number of alkyl halides is 3. The number of hydrogen-bond acceptors (Lipinski definition) is 4. The van der Waals surface area contributed by atoms with Gasteiger partial charge in [0.2, 0.25) is 0 Å². The number of esters is 2. The Kier molecular flexibility index (Phi) is 3.13. The number of hydrogen-bond donors (Lipinski definition) is 0. The zero-order valence-corrected chi connectivity index (χ0v) is 10.8. The highest BCUT2D eigenvalue weighted by atomic mass is 19.4. The SMILES string of the molecule is O=C1OC(=O)c2cc(Oc3ccccc3C(F)(F)F)ccc21. The fraction of sp³-hybridized carbons (Fsp3) is 0.0667. The Hall–Kier alpha value is -2.83. The van der Waals surface area contributed by atoms with Crippen molar-refractivity contribution in [3.05, 3.63) is 59.2 Å². The second-order valence-electron chi connectivity index (χ2n) is 4.48. The lowest BCUT2D eigenvalue weighted by molar-refractivity contribution is -0.138. The minimum absolute atomic E-state index is 0.00194. The lowest BCUT2D eigenvalue weighted by Gasteiger charge is -2.13. The molecule has 0 aliphatic carbocycles.